The smallest absolute Gasteiger partial charge is 0.382 e. The van der Waals surface area contributed by atoms with Crippen LogP contribution >= 0.6 is 0 Å². The van der Waals surface area contributed by atoms with Crippen LogP contribution in [-0.2, 0) is 23.9 Å². The van der Waals surface area contributed by atoms with Crippen LogP contribution < -0.4 is 0 Å². The lowest BCUT2D eigenvalue weighted by Gasteiger charge is -2.29. The lowest BCUT2D eigenvalue weighted by molar-refractivity contribution is -0.136. The standard InChI is InChI=1S/C23H24F3N5O3/c1-30(22(7-8-22)12-34-2)21(33)19-14-11-31(9-6-17(14)28-29-19)20(32)18-10-13-15(23(24,25)26)4-3-5-16(13)27-18/h3-5,10,27H,6-9,11-12H2,1-2H3,(H,28,29). The largest absolute Gasteiger partial charge is 0.417 e. The topological polar surface area (TPSA) is 94.3 Å². The number of hydrogen-bond acceptors (Lipinski definition) is 4. The van der Waals surface area contributed by atoms with E-state index in [-0.39, 0.29) is 34.6 Å². The molecule has 5 rings (SSSR count). The third-order valence-electron chi connectivity index (χ3n) is 6.88. The molecule has 2 aromatic heterocycles. The Hall–Kier alpha value is -3.34. The van der Waals surface area contributed by atoms with Crippen LogP contribution in [0.2, 0.25) is 0 Å². The van der Waals surface area contributed by atoms with Crippen LogP contribution in [0.3, 0.4) is 0 Å². The molecule has 0 unspecified atom stereocenters. The van der Waals surface area contributed by atoms with Gasteiger partial charge in [0.2, 0.25) is 0 Å². The van der Waals surface area contributed by atoms with E-state index < -0.39 is 17.6 Å². The first-order chi connectivity index (χ1) is 16.1. The van der Waals surface area contributed by atoms with E-state index >= 15 is 0 Å². The summed E-state index contributed by atoms with van der Waals surface area (Å²) in [5, 5.41) is 7.05. The normalized spacial score (nSPS) is 17.0. The maximum absolute atomic E-state index is 13.4. The Bertz CT molecular complexity index is 1270. The number of likely N-dealkylation sites (N-methyl/N-ethyl adjacent to an activating group) is 1. The van der Waals surface area contributed by atoms with E-state index in [4.69, 9.17) is 4.74 Å². The summed E-state index contributed by atoms with van der Waals surface area (Å²) in [7, 11) is 3.33. The number of halogens is 3. The van der Waals surface area contributed by atoms with E-state index in [2.05, 4.69) is 15.2 Å². The number of aromatic nitrogens is 3. The molecule has 1 fully saturated rings. The lowest BCUT2D eigenvalue weighted by Crippen LogP contribution is -2.43. The van der Waals surface area contributed by atoms with Crippen LogP contribution in [0.4, 0.5) is 13.2 Å². The van der Waals surface area contributed by atoms with E-state index in [1.165, 1.54) is 23.1 Å². The number of carbonyl (C=O) groups excluding carboxylic acids is 2. The maximum atomic E-state index is 13.4. The summed E-state index contributed by atoms with van der Waals surface area (Å²) < 4.78 is 45.4. The van der Waals surface area contributed by atoms with Gasteiger partial charge in [0.1, 0.15) is 11.4 Å². The quantitative estimate of drug-likeness (QED) is 0.592. The number of methoxy groups -OCH3 is 1. The Kier molecular flexibility index (Phi) is 5.19. The summed E-state index contributed by atoms with van der Waals surface area (Å²) in [5.41, 5.74) is 0.870. The van der Waals surface area contributed by atoms with Crippen molar-refractivity contribution >= 4 is 22.7 Å². The van der Waals surface area contributed by atoms with Crippen LogP contribution in [0.25, 0.3) is 10.9 Å². The molecule has 0 spiro atoms. The fourth-order valence-corrected chi connectivity index (χ4v) is 4.70. The number of nitrogens with one attached hydrogen (secondary N) is 2. The summed E-state index contributed by atoms with van der Waals surface area (Å²) >= 11 is 0. The number of alkyl halides is 3. The molecule has 2 aliphatic rings. The van der Waals surface area contributed by atoms with Crippen molar-refractivity contribution in [3.05, 3.63) is 52.5 Å². The highest BCUT2D eigenvalue weighted by molar-refractivity contribution is 5.99. The summed E-state index contributed by atoms with van der Waals surface area (Å²) in [6.45, 7) is 0.921. The molecule has 0 atom stereocenters. The molecule has 2 amide bonds. The molecule has 2 N–H and O–H groups in total. The first-order valence-electron chi connectivity index (χ1n) is 11.0. The van der Waals surface area contributed by atoms with Crippen molar-refractivity contribution in [1.29, 1.82) is 0 Å². The van der Waals surface area contributed by atoms with Gasteiger partial charge in [0, 0.05) is 43.6 Å². The predicted octanol–water partition coefficient (Wildman–Crippen LogP) is 3.36. The zero-order valence-electron chi connectivity index (χ0n) is 18.8. The highest BCUT2D eigenvalue weighted by Gasteiger charge is 2.49. The molecule has 3 heterocycles. The lowest BCUT2D eigenvalue weighted by atomic mass is 10.0. The van der Waals surface area contributed by atoms with E-state index in [1.807, 2.05) is 0 Å². The zero-order valence-corrected chi connectivity index (χ0v) is 18.8. The van der Waals surface area contributed by atoms with Crippen molar-refractivity contribution in [3.8, 4) is 0 Å². The van der Waals surface area contributed by atoms with Crippen LogP contribution in [0.15, 0.2) is 24.3 Å². The summed E-state index contributed by atoms with van der Waals surface area (Å²) in [6.07, 6.45) is -2.39. The molecular weight excluding hydrogens is 451 g/mol. The molecule has 180 valence electrons. The van der Waals surface area contributed by atoms with Gasteiger partial charge in [-0.15, -0.1) is 0 Å². The average Bonchev–Trinajstić information content (AvgIpc) is 3.27. The van der Waals surface area contributed by atoms with Gasteiger partial charge in [-0.2, -0.15) is 18.3 Å². The van der Waals surface area contributed by atoms with Crippen LogP contribution in [-0.4, -0.2) is 69.6 Å². The maximum Gasteiger partial charge on any atom is 0.417 e. The molecule has 0 saturated heterocycles. The minimum atomic E-state index is -4.53. The summed E-state index contributed by atoms with van der Waals surface area (Å²) in [4.78, 5) is 32.4. The Balaban J connectivity index is 1.40. The molecule has 11 heteroatoms. The van der Waals surface area contributed by atoms with Gasteiger partial charge in [-0.3, -0.25) is 14.7 Å². The second-order valence-electron chi connectivity index (χ2n) is 8.97. The molecule has 0 radical (unpaired) electrons. The number of nitrogens with zero attached hydrogens (tertiary/aromatic N) is 3. The van der Waals surface area contributed by atoms with Crippen molar-refractivity contribution in [2.45, 2.75) is 37.5 Å². The Morgan fingerprint density at radius 3 is 2.74 bits per heavy atom. The second-order valence-corrected chi connectivity index (χ2v) is 8.97. The van der Waals surface area contributed by atoms with E-state index in [1.54, 1.807) is 19.1 Å². The van der Waals surface area contributed by atoms with Crippen LogP contribution in [0.1, 0.15) is 50.6 Å². The number of amides is 2. The van der Waals surface area contributed by atoms with Gasteiger partial charge in [-0.25, -0.2) is 0 Å². The fourth-order valence-electron chi connectivity index (χ4n) is 4.70. The molecule has 1 aliphatic heterocycles. The molecule has 3 aromatic rings. The van der Waals surface area contributed by atoms with Crippen molar-refractivity contribution in [2.24, 2.45) is 0 Å². The minimum Gasteiger partial charge on any atom is -0.382 e. The van der Waals surface area contributed by atoms with E-state index in [0.717, 1.165) is 18.9 Å². The number of benzene rings is 1. The number of rotatable bonds is 5. The van der Waals surface area contributed by atoms with Gasteiger partial charge in [0.15, 0.2) is 0 Å². The molecule has 8 nitrogen and oxygen atoms in total. The van der Waals surface area contributed by atoms with Crippen molar-refractivity contribution in [2.75, 3.05) is 27.3 Å². The number of fused-ring (bicyclic) bond motifs is 2. The molecule has 0 bridgehead atoms. The first-order valence-corrected chi connectivity index (χ1v) is 11.0. The minimum absolute atomic E-state index is 0.0512. The third-order valence-corrected chi connectivity index (χ3v) is 6.88. The first kappa shape index (κ1) is 22.5. The summed E-state index contributed by atoms with van der Waals surface area (Å²) in [5.74, 6) is -0.654. The zero-order chi connectivity index (χ0) is 24.3. The molecule has 1 aromatic carbocycles. The summed E-state index contributed by atoms with van der Waals surface area (Å²) in [6, 6.07) is 5.05. The monoisotopic (exact) mass is 475 g/mol. The Morgan fingerprint density at radius 2 is 2.06 bits per heavy atom. The molecule has 1 aliphatic carbocycles. The predicted molar refractivity (Wildman–Crippen MR) is 116 cm³/mol. The number of hydrogen-bond donors (Lipinski definition) is 2. The number of aromatic amines is 2. The molecule has 34 heavy (non-hydrogen) atoms. The fraction of sp³-hybridized carbons (Fsp3) is 0.435. The number of H-pyrrole nitrogens is 2. The van der Waals surface area contributed by atoms with Crippen LogP contribution in [0, 0.1) is 0 Å². The molecule has 1 saturated carbocycles. The van der Waals surface area contributed by atoms with Gasteiger partial charge in [0.25, 0.3) is 11.8 Å². The number of ether oxygens (including phenoxy) is 1. The van der Waals surface area contributed by atoms with Crippen LogP contribution in [0.5, 0.6) is 0 Å². The van der Waals surface area contributed by atoms with Gasteiger partial charge in [-0.05, 0) is 31.0 Å². The molecular formula is C23H24F3N5O3. The Labute approximate surface area is 193 Å². The van der Waals surface area contributed by atoms with E-state index in [0.29, 0.717) is 36.5 Å². The van der Waals surface area contributed by atoms with Crippen molar-refractivity contribution < 1.29 is 27.5 Å². The van der Waals surface area contributed by atoms with Crippen molar-refractivity contribution in [3.63, 3.8) is 0 Å². The van der Waals surface area contributed by atoms with Crippen molar-refractivity contribution in [1.82, 2.24) is 25.0 Å². The number of carbonyl (C=O) groups is 2. The highest BCUT2D eigenvalue weighted by Crippen LogP contribution is 2.42. The third kappa shape index (κ3) is 3.64. The second kappa shape index (κ2) is 7.86. The highest BCUT2D eigenvalue weighted by atomic mass is 19.4. The van der Waals surface area contributed by atoms with Gasteiger partial charge < -0.3 is 19.5 Å². The van der Waals surface area contributed by atoms with E-state index in [9.17, 15) is 22.8 Å². The van der Waals surface area contributed by atoms with Gasteiger partial charge in [0.05, 0.1) is 29.9 Å². The SMILES string of the molecule is COCC1(N(C)C(=O)c2[nH]nc3c2CN(C(=O)c2cc4c(C(F)(F)F)cccc4[nH]2)CC3)CC1. The Morgan fingerprint density at radius 1 is 1.29 bits per heavy atom. The van der Waals surface area contributed by atoms with Gasteiger partial charge in [-0.1, -0.05) is 6.07 Å². The average molecular weight is 475 g/mol. The van der Waals surface area contributed by atoms with Gasteiger partial charge >= 0.3 is 6.18 Å².